The third kappa shape index (κ3) is 4.04. The van der Waals surface area contributed by atoms with Crippen LogP contribution in [0.25, 0.3) is 5.76 Å². The molecular formula is C25H19Cl2NO6. The van der Waals surface area contributed by atoms with Gasteiger partial charge in [0.2, 0.25) is 0 Å². The van der Waals surface area contributed by atoms with E-state index in [2.05, 4.69) is 0 Å². The minimum absolute atomic E-state index is 0.0701. The molecule has 9 heteroatoms. The smallest absolute Gasteiger partial charge is 0.300 e. The van der Waals surface area contributed by atoms with Crippen molar-refractivity contribution in [2.45, 2.75) is 6.04 Å². The van der Waals surface area contributed by atoms with Gasteiger partial charge in [-0.25, -0.2) is 0 Å². The molecule has 2 N–H and O–H groups in total. The molecule has 174 valence electrons. The molecule has 1 saturated heterocycles. The van der Waals surface area contributed by atoms with Gasteiger partial charge in [0, 0.05) is 16.8 Å². The fraction of sp³-hybridized carbons (Fsp3) is 0.120. The largest absolute Gasteiger partial charge is 0.508 e. The number of ether oxygens (including phenoxy) is 2. The molecule has 0 spiro atoms. The van der Waals surface area contributed by atoms with Crippen molar-refractivity contribution in [2.24, 2.45) is 0 Å². The number of hydrogen-bond acceptors (Lipinski definition) is 6. The van der Waals surface area contributed by atoms with Crippen molar-refractivity contribution in [3.8, 4) is 17.2 Å². The SMILES string of the molecule is COc1cc(OC)c(/C(O)=C2\C(=O)C(=O)N(c3cccc(Cl)c3)C2c2cccc(O)c2)cc1Cl. The van der Waals surface area contributed by atoms with Crippen LogP contribution in [-0.2, 0) is 9.59 Å². The number of nitrogens with zero attached hydrogens (tertiary/aromatic N) is 1. The molecule has 0 saturated carbocycles. The van der Waals surface area contributed by atoms with Gasteiger partial charge in [-0.1, -0.05) is 41.4 Å². The average molecular weight is 500 g/mol. The summed E-state index contributed by atoms with van der Waals surface area (Å²) >= 11 is 12.4. The normalized spacial score (nSPS) is 17.2. The van der Waals surface area contributed by atoms with Crippen molar-refractivity contribution < 1.29 is 29.3 Å². The van der Waals surface area contributed by atoms with E-state index in [1.165, 1.54) is 49.5 Å². The van der Waals surface area contributed by atoms with Gasteiger partial charge in [-0.3, -0.25) is 14.5 Å². The van der Waals surface area contributed by atoms with Crippen LogP contribution in [0, 0.1) is 0 Å². The highest BCUT2D eigenvalue weighted by Crippen LogP contribution is 2.45. The van der Waals surface area contributed by atoms with Gasteiger partial charge >= 0.3 is 0 Å². The summed E-state index contributed by atoms with van der Waals surface area (Å²) in [5, 5.41) is 22.0. The molecule has 7 nitrogen and oxygen atoms in total. The highest BCUT2D eigenvalue weighted by molar-refractivity contribution is 6.52. The number of carbonyl (C=O) groups is 2. The monoisotopic (exact) mass is 499 g/mol. The second-order valence-electron chi connectivity index (χ2n) is 7.43. The predicted octanol–water partition coefficient (Wildman–Crippen LogP) is 5.34. The quantitative estimate of drug-likeness (QED) is 0.279. The number of Topliss-reactive ketones (excluding diaryl/α,β-unsaturated/α-hetero) is 1. The molecule has 1 aliphatic heterocycles. The minimum atomic E-state index is -1.06. The number of hydrogen-bond donors (Lipinski definition) is 2. The number of aromatic hydroxyl groups is 1. The van der Waals surface area contributed by atoms with E-state index in [0.29, 0.717) is 22.0 Å². The number of ketones is 1. The van der Waals surface area contributed by atoms with Crippen molar-refractivity contribution >= 4 is 46.3 Å². The lowest BCUT2D eigenvalue weighted by Gasteiger charge is -2.26. The summed E-state index contributed by atoms with van der Waals surface area (Å²) < 4.78 is 10.6. The molecule has 1 heterocycles. The number of aliphatic hydroxyl groups excluding tert-OH is 1. The maximum absolute atomic E-state index is 13.3. The number of halogens is 2. The zero-order valence-corrected chi connectivity index (χ0v) is 19.6. The number of carbonyl (C=O) groups excluding carboxylic acids is 2. The Morgan fingerprint density at radius 3 is 2.29 bits per heavy atom. The third-order valence-corrected chi connectivity index (χ3v) is 5.98. The van der Waals surface area contributed by atoms with E-state index in [0.717, 1.165) is 0 Å². The van der Waals surface area contributed by atoms with Crippen LogP contribution in [0.1, 0.15) is 17.2 Å². The highest BCUT2D eigenvalue weighted by atomic mass is 35.5. The second-order valence-corrected chi connectivity index (χ2v) is 8.27. The van der Waals surface area contributed by atoms with E-state index in [9.17, 15) is 19.8 Å². The molecule has 3 aromatic rings. The zero-order valence-electron chi connectivity index (χ0n) is 18.1. The van der Waals surface area contributed by atoms with E-state index >= 15 is 0 Å². The fourth-order valence-corrected chi connectivity index (χ4v) is 4.35. The van der Waals surface area contributed by atoms with Crippen LogP contribution in [0.5, 0.6) is 17.2 Å². The Kier molecular flexibility index (Phi) is 6.41. The lowest BCUT2D eigenvalue weighted by Crippen LogP contribution is -2.29. The van der Waals surface area contributed by atoms with Crippen LogP contribution >= 0.6 is 23.2 Å². The Balaban J connectivity index is 2.00. The van der Waals surface area contributed by atoms with Gasteiger partial charge in [-0.2, -0.15) is 0 Å². The molecule has 4 rings (SSSR count). The van der Waals surface area contributed by atoms with Crippen molar-refractivity contribution in [3.63, 3.8) is 0 Å². The van der Waals surface area contributed by atoms with Crippen LogP contribution < -0.4 is 14.4 Å². The van der Waals surface area contributed by atoms with Gasteiger partial charge in [0.25, 0.3) is 11.7 Å². The van der Waals surface area contributed by atoms with Crippen LogP contribution in [0.3, 0.4) is 0 Å². The number of anilines is 1. The molecule has 3 aromatic carbocycles. The van der Waals surface area contributed by atoms with Gasteiger partial charge in [0.1, 0.15) is 23.0 Å². The van der Waals surface area contributed by atoms with E-state index in [1.54, 1.807) is 30.3 Å². The first-order valence-electron chi connectivity index (χ1n) is 10.0. The molecule has 1 unspecified atom stereocenters. The summed E-state index contributed by atoms with van der Waals surface area (Å²) in [7, 11) is 2.81. The number of methoxy groups -OCH3 is 2. The topological polar surface area (TPSA) is 96.3 Å². The Hall–Kier alpha value is -3.68. The fourth-order valence-electron chi connectivity index (χ4n) is 3.93. The van der Waals surface area contributed by atoms with E-state index < -0.39 is 23.5 Å². The van der Waals surface area contributed by atoms with E-state index in [-0.39, 0.29) is 27.7 Å². The molecule has 0 aromatic heterocycles. The Morgan fingerprint density at radius 2 is 1.65 bits per heavy atom. The van der Waals surface area contributed by atoms with Gasteiger partial charge in [-0.15, -0.1) is 0 Å². The number of amides is 1. The van der Waals surface area contributed by atoms with Crippen LogP contribution in [-0.4, -0.2) is 36.1 Å². The lowest BCUT2D eigenvalue weighted by molar-refractivity contribution is -0.132. The number of rotatable bonds is 5. The molecule has 1 amide bonds. The van der Waals surface area contributed by atoms with Gasteiger partial charge in [-0.05, 0) is 42.0 Å². The molecule has 1 aliphatic rings. The average Bonchev–Trinajstić information content (AvgIpc) is 3.09. The van der Waals surface area contributed by atoms with Crippen LogP contribution in [0.2, 0.25) is 10.0 Å². The first-order chi connectivity index (χ1) is 16.3. The maximum atomic E-state index is 13.3. The number of aliphatic hydroxyl groups is 1. The predicted molar refractivity (Wildman–Crippen MR) is 129 cm³/mol. The Morgan fingerprint density at radius 1 is 0.941 bits per heavy atom. The third-order valence-electron chi connectivity index (χ3n) is 5.45. The zero-order chi connectivity index (χ0) is 24.6. The van der Waals surface area contributed by atoms with Gasteiger partial charge in [0.15, 0.2) is 0 Å². The van der Waals surface area contributed by atoms with E-state index in [1.807, 2.05) is 0 Å². The van der Waals surface area contributed by atoms with Crippen molar-refractivity contribution in [1.29, 1.82) is 0 Å². The van der Waals surface area contributed by atoms with Gasteiger partial charge in [0.05, 0.1) is 36.4 Å². The molecule has 1 fully saturated rings. The molecule has 0 radical (unpaired) electrons. The highest BCUT2D eigenvalue weighted by Gasteiger charge is 2.47. The minimum Gasteiger partial charge on any atom is -0.508 e. The summed E-state index contributed by atoms with van der Waals surface area (Å²) in [5.74, 6) is -1.85. The number of phenolic OH excluding ortho intramolecular Hbond substituents is 1. The molecule has 34 heavy (non-hydrogen) atoms. The van der Waals surface area contributed by atoms with Crippen LogP contribution in [0.15, 0.2) is 66.2 Å². The molecule has 0 bridgehead atoms. The number of benzene rings is 3. The van der Waals surface area contributed by atoms with Crippen molar-refractivity contribution in [2.75, 3.05) is 19.1 Å². The first-order valence-corrected chi connectivity index (χ1v) is 10.8. The molecule has 0 aliphatic carbocycles. The van der Waals surface area contributed by atoms with Crippen LogP contribution in [0.4, 0.5) is 5.69 Å². The summed E-state index contributed by atoms with van der Waals surface area (Å²) in [6.45, 7) is 0. The molecular weight excluding hydrogens is 481 g/mol. The maximum Gasteiger partial charge on any atom is 0.300 e. The summed E-state index contributed by atoms with van der Waals surface area (Å²) in [6.07, 6.45) is 0. The Bertz CT molecular complexity index is 1340. The molecule has 1 atom stereocenters. The van der Waals surface area contributed by atoms with Gasteiger partial charge < -0.3 is 19.7 Å². The summed E-state index contributed by atoms with van der Waals surface area (Å²) in [5.41, 5.74) is 0.652. The lowest BCUT2D eigenvalue weighted by atomic mass is 9.94. The van der Waals surface area contributed by atoms with Crippen molar-refractivity contribution in [1.82, 2.24) is 0 Å². The second kappa shape index (κ2) is 9.29. The first kappa shape index (κ1) is 23.5. The summed E-state index contributed by atoms with van der Waals surface area (Å²) in [4.78, 5) is 27.7. The van der Waals surface area contributed by atoms with E-state index in [4.69, 9.17) is 32.7 Å². The number of phenols is 1. The van der Waals surface area contributed by atoms with Crippen molar-refractivity contribution in [3.05, 3.63) is 87.4 Å². The Labute approximate surface area is 205 Å². The summed E-state index contributed by atoms with van der Waals surface area (Å²) in [6, 6.07) is 14.3. The standard InChI is InChI=1S/C25H19Cl2NO6/c1-33-19-12-20(34-2)18(27)11-17(19)23(30)21-22(13-5-3-8-16(29)9-13)28(25(32)24(21)31)15-7-4-6-14(26)10-15/h3-12,22,29-30H,1-2H3/b23-21+.